The summed E-state index contributed by atoms with van der Waals surface area (Å²) in [4.78, 5) is 19.4. The van der Waals surface area contributed by atoms with E-state index in [4.69, 9.17) is 0 Å². The number of nitrogens with zero attached hydrogens (tertiary/aromatic N) is 4. The highest BCUT2D eigenvalue weighted by molar-refractivity contribution is 7.16. The minimum atomic E-state index is -0.105. The predicted octanol–water partition coefficient (Wildman–Crippen LogP) is 2.33. The Labute approximate surface area is 123 Å². The Morgan fingerprint density at radius 3 is 2.70 bits per heavy atom. The van der Waals surface area contributed by atoms with Crippen LogP contribution in [0, 0.1) is 12.3 Å². The number of aromatic nitrogens is 3. The Morgan fingerprint density at radius 2 is 2.10 bits per heavy atom. The molecule has 0 fully saturated rings. The number of hydrogen-bond acceptors (Lipinski definition) is 5. The van der Waals surface area contributed by atoms with Crippen LogP contribution in [0.4, 0.5) is 0 Å². The van der Waals surface area contributed by atoms with E-state index in [-0.39, 0.29) is 11.0 Å². The first-order valence-corrected chi connectivity index (χ1v) is 7.57. The van der Waals surface area contributed by atoms with Gasteiger partial charge in [-0.05, 0) is 26.3 Å². The van der Waals surface area contributed by atoms with Gasteiger partial charge in [-0.1, -0.05) is 32.1 Å². The normalized spacial score (nSPS) is 14.2. The predicted molar refractivity (Wildman–Crippen MR) is 82.3 cm³/mol. The Balaban J connectivity index is 2.28. The van der Waals surface area contributed by atoms with Crippen LogP contribution in [-0.2, 0) is 6.54 Å². The van der Waals surface area contributed by atoms with Crippen LogP contribution in [0.15, 0.2) is 10.9 Å². The van der Waals surface area contributed by atoms with Crippen molar-refractivity contribution in [2.75, 3.05) is 7.05 Å². The van der Waals surface area contributed by atoms with E-state index < -0.39 is 0 Å². The van der Waals surface area contributed by atoms with Gasteiger partial charge in [0.2, 0.25) is 4.96 Å². The molecule has 0 aliphatic heterocycles. The number of rotatable bonds is 3. The van der Waals surface area contributed by atoms with E-state index in [0.717, 1.165) is 10.7 Å². The third kappa shape index (κ3) is 3.07. The summed E-state index contributed by atoms with van der Waals surface area (Å²) >= 11 is 1.44. The molecule has 5 nitrogen and oxygen atoms in total. The summed E-state index contributed by atoms with van der Waals surface area (Å²) in [7, 11) is 2.07. The molecule has 0 N–H and O–H groups in total. The largest absolute Gasteiger partial charge is 0.297 e. The average Bonchev–Trinajstić information content (AvgIpc) is 2.68. The van der Waals surface area contributed by atoms with Gasteiger partial charge in [-0.3, -0.25) is 9.69 Å². The van der Waals surface area contributed by atoms with E-state index in [1.54, 1.807) is 6.07 Å². The molecule has 0 aliphatic rings. The van der Waals surface area contributed by atoms with Gasteiger partial charge in [0.25, 0.3) is 5.56 Å². The zero-order valence-electron chi connectivity index (χ0n) is 13.0. The first kappa shape index (κ1) is 15.1. The fourth-order valence-corrected chi connectivity index (χ4v) is 2.85. The molecule has 20 heavy (non-hydrogen) atoms. The van der Waals surface area contributed by atoms with E-state index in [1.807, 2.05) is 6.92 Å². The molecule has 0 unspecified atom stereocenters. The third-order valence-corrected chi connectivity index (χ3v) is 4.55. The standard InChI is InChI=1S/C14H22N4OS/c1-9(14(3,4)5)17(6)8-11-7-12(19)18-13(15-11)20-10(2)16-18/h7,9H,8H2,1-6H3/t9-/m0/s1. The molecule has 0 spiro atoms. The Morgan fingerprint density at radius 1 is 1.45 bits per heavy atom. The Bertz CT molecular complexity index is 668. The van der Waals surface area contributed by atoms with Gasteiger partial charge in [0.15, 0.2) is 0 Å². The van der Waals surface area contributed by atoms with Crippen molar-refractivity contribution in [1.29, 1.82) is 0 Å². The van der Waals surface area contributed by atoms with Gasteiger partial charge in [0, 0.05) is 18.7 Å². The van der Waals surface area contributed by atoms with Crippen molar-refractivity contribution in [2.24, 2.45) is 5.41 Å². The van der Waals surface area contributed by atoms with Crippen molar-refractivity contribution >= 4 is 16.3 Å². The summed E-state index contributed by atoms with van der Waals surface area (Å²) in [6.45, 7) is 11.4. The van der Waals surface area contributed by atoms with Crippen LogP contribution < -0.4 is 5.56 Å². The minimum absolute atomic E-state index is 0.105. The zero-order valence-corrected chi connectivity index (χ0v) is 13.8. The van der Waals surface area contributed by atoms with Gasteiger partial charge in [-0.15, -0.1) is 0 Å². The molecule has 0 aromatic carbocycles. The molecule has 0 bridgehead atoms. The number of fused-ring (bicyclic) bond motifs is 1. The second kappa shape index (κ2) is 5.26. The number of aryl methyl sites for hydroxylation is 1. The summed E-state index contributed by atoms with van der Waals surface area (Å²) < 4.78 is 1.37. The molecule has 0 radical (unpaired) electrons. The molecule has 110 valence electrons. The lowest BCUT2D eigenvalue weighted by atomic mass is 9.87. The summed E-state index contributed by atoms with van der Waals surface area (Å²) in [5.74, 6) is 0. The lowest BCUT2D eigenvalue weighted by Crippen LogP contribution is -2.39. The lowest BCUT2D eigenvalue weighted by molar-refractivity contribution is 0.133. The van der Waals surface area contributed by atoms with E-state index in [0.29, 0.717) is 17.5 Å². The van der Waals surface area contributed by atoms with Crippen molar-refractivity contribution in [3.05, 3.63) is 27.1 Å². The van der Waals surface area contributed by atoms with Crippen molar-refractivity contribution < 1.29 is 0 Å². The summed E-state index contributed by atoms with van der Waals surface area (Å²) in [5, 5.41) is 5.00. The van der Waals surface area contributed by atoms with Crippen LogP contribution in [0.1, 0.15) is 38.4 Å². The SMILES string of the molecule is Cc1nn2c(=O)cc(CN(C)[C@@H](C)C(C)(C)C)nc2s1. The van der Waals surface area contributed by atoms with Gasteiger partial charge in [0.1, 0.15) is 5.01 Å². The van der Waals surface area contributed by atoms with Crippen LogP contribution in [0.3, 0.4) is 0 Å². The van der Waals surface area contributed by atoms with Gasteiger partial charge in [-0.25, -0.2) is 4.98 Å². The van der Waals surface area contributed by atoms with Crippen LogP contribution in [0.2, 0.25) is 0 Å². The van der Waals surface area contributed by atoms with Crippen LogP contribution in [-0.4, -0.2) is 32.6 Å². The Hall–Kier alpha value is -1.27. The average molecular weight is 294 g/mol. The fraction of sp³-hybridized carbons (Fsp3) is 0.643. The molecule has 0 saturated carbocycles. The third-order valence-electron chi connectivity index (χ3n) is 3.72. The van der Waals surface area contributed by atoms with Gasteiger partial charge in [0.05, 0.1) is 5.69 Å². The minimum Gasteiger partial charge on any atom is -0.297 e. The maximum absolute atomic E-state index is 12.0. The van der Waals surface area contributed by atoms with Crippen molar-refractivity contribution in [1.82, 2.24) is 19.5 Å². The second-order valence-electron chi connectivity index (χ2n) is 6.36. The molecule has 0 aliphatic carbocycles. The second-order valence-corrected chi connectivity index (χ2v) is 7.52. The van der Waals surface area contributed by atoms with Crippen molar-refractivity contribution in [3.8, 4) is 0 Å². The van der Waals surface area contributed by atoms with E-state index >= 15 is 0 Å². The molecule has 1 atom stereocenters. The first-order valence-electron chi connectivity index (χ1n) is 6.75. The maximum atomic E-state index is 12.0. The van der Waals surface area contributed by atoms with Crippen LogP contribution in [0.5, 0.6) is 0 Å². The molecular weight excluding hydrogens is 272 g/mol. The maximum Gasteiger partial charge on any atom is 0.275 e. The van der Waals surface area contributed by atoms with Crippen molar-refractivity contribution in [3.63, 3.8) is 0 Å². The smallest absolute Gasteiger partial charge is 0.275 e. The van der Waals surface area contributed by atoms with Gasteiger partial charge >= 0.3 is 0 Å². The highest BCUT2D eigenvalue weighted by atomic mass is 32.1. The summed E-state index contributed by atoms with van der Waals surface area (Å²) in [6.07, 6.45) is 0. The monoisotopic (exact) mass is 294 g/mol. The molecule has 2 aromatic heterocycles. The fourth-order valence-electron chi connectivity index (χ4n) is 2.09. The van der Waals surface area contributed by atoms with Crippen LogP contribution in [0.25, 0.3) is 4.96 Å². The highest BCUT2D eigenvalue weighted by Gasteiger charge is 2.24. The zero-order chi connectivity index (χ0) is 15.1. The molecule has 2 heterocycles. The molecular formula is C14H22N4OS. The molecule has 6 heteroatoms. The first-order chi connectivity index (χ1) is 9.18. The van der Waals surface area contributed by atoms with Gasteiger partial charge in [-0.2, -0.15) is 9.61 Å². The van der Waals surface area contributed by atoms with E-state index in [9.17, 15) is 4.79 Å². The molecule has 2 rings (SSSR count). The quantitative estimate of drug-likeness (QED) is 0.872. The Kier molecular flexibility index (Phi) is 3.97. The molecule has 0 saturated heterocycles. The summed E-state index contributed by atoms with van der Waals surface area (Å²) in [5.41, 5.74) is 0.887. The lowest BCUT2D eigenvalue weighted by Gasteiger charge is -2.35. The highest BCUT2D eigenvalue weighted by Crippen LogP contribution is 2.23. The van der Waals surface area contributed by atoms with Crippen molar-refractivity contribution in [2.45, 2.75) is 47.2 Å². The van der Waals surface area contributed by atoms with E-state index in [1.165, 1.54) is 15.9 Å². The molecule has 0 amide bonds. The molecule has 2 aromatic rings. The van der Waals surface area contributed by atoms with E-state index in [2.05, 4.69) is 49.7 Å². The number of hydrogen-bond donors (Lipinski definition) is 0. The van der Waals surface area contributed by atoms with Gasteiger partial charge < -0.3 is 0 Å². The van der Waals surface area contributed by atoms with Crippen LogP contribution >= 0.6 is 11.3 Å². The topological polar surface area (TPSA) is 50.5 Å². The summed E-state index contributed by atoms with van der Waals surface area (Å²) in [6, 6.07) is 1.98.